The van der Waals surface area contributed by atoms with Crippen molar-refractivity contribution >= 4 is 33.2 Å². The van der Waals surface area contributed by atoms with Crippen LogP contribution in [0.15, 0.2) is 28.6 Å². The Morgan fingerprint density at radius 3 is 2.74 bits per heavy atom. The monoisotopic (exact) mass is 340 g/mol. The number of carbonyl (C=O) groups is 1. The predicted molar refractivity (Wildman–Crippen MR) is 76.2 cm³/mol. The molecule has 1 saturated heterocycles. The van der Waals surface area contributed by atoms with E-state index in [1.807, 2.05) is 15.8 Å². The fourth-order valence-corrected chi connectivity index (χ4v) is 3.21. The van der Waals surface area contributed by atoms with Crippen LogP contribution in [-0.2, 0) is 0 Å². The highest BCUT2D eigenvalue weighted by Gasteiger charge is 2.25. The van der Waals surface area contributed by atoms with Crippen LogP contribution in [0.25, 0.3) is 0 Å². The highest BCUT2D eigenvalue weighted by atomic mass is 79.9. The summed E-state index contributed by atoms with van der Waals surface area (Å²) in [6.07, 6.45) is 7.32. The molecule has 0 saturated carbocycles. The second-order valence-electron chi connectivity index (χ2n) is 4.53. The van der Waals surface area contributed by atoms with E-state index in [1.54, 1.807) is 17.9 Å². The van der Waals surface area contributed by atoms with Gasteiger partial charge in [-0.15, -0.1) is 11.3 Å². The van der Waals surface area contributed by atoms with Crippen LogP contribution in [0.1, 0.15) is 28.6 Å². The lowest BCUT2D eigenvalue weighted by Gasteiger charge is -2.31. The van der Waals surface area contributed by atoms with Crippen molar-refractivity contribution < 1.29 is 4.79 Å². The van der Waals surface area contributed by atoms with Gasteiger partial charge in [0, 0.05) is 19.3 Å². The molecule has 1 fully saturated rings. The summed E-state index contributed by atoms with van der Waals surface area (Å²) < 4.78 is 2.98. The number of likely N-dealkylation sites (tertiary alicyclic amines) is 1. The first-order chi connectivity index (χ1) is 9.24. The number of thiazole rings is 1. The van der Waals surface area contributed by atoms with Gasteiger partial charge in [0.15, 0.2) is 0 Å². The minimum absolute atomic E-state index is 0.0996. The predicted octanol–water partition coefficient (Wildman–Crippen LogP) is 2.58. The topological polar surface area (TPSA) is 51.0 Å². The quantitative estimate of drug-likeness (QED) is 0.844. The number of rotatable bonds is 2. The minimum atomic E-state index is 0.0996. The number of nitrogens with zero attached hydrogens (tertiary/aromatic N) is 4. The fourth-order valence-electron chi connectivity index (χ4n) is 2.33. The molecule has 0 bridgehead atoms. The van der Waals surface area contributed by atoms with Gasteiger partial charge in [0.05, 0.1) is 28.4 Å². The first-order valence-corrected chi connectivity index (χ1v) is 7.79. The first-order valence-electron chi connectivity index (χ1n) is 6.11. The van der Waals surface area contributed by atoms with Crippen molar-refractivity contribution in [2.75, 3.05) is 13.1 Å². The molecule has 1 aliphatic rings. The largest absolute Gasteiger partial charge is 0.338 e. The van der Waals surface area contributed by atoms with Crippen LogP contribution in [-0.4, -0.2) is 38.7 Å². The van der Waals surface area contributed by atoms with E-state index in [0.717, 1.165) is 35.3 Å². The Balaban J connectivity index is 1.62. The average molecular weight is 341 g/mol. The first kappa shape index (κ1) is 12.8. The van der Waals surface area contributed by atoms with Crippen molar-refractivity contribution in [3.8, 4) is 0 Å². The van der Waals surface area contributed by atoms with Gasteiger partial charge < -0.3 is 4.90 Å². The standard InChI is InChI=1S/C12H13BrN4OS/c13-9-5-15-17(7-9)10-1-3-16(4-2-10)12(18)11-6-14-8-19-11/h5-8,10H,1-4H2. The van der Waals surface area contributed by atoms with Crippen molar-refractivity contribution in [1.82, 2.24) is 19.7 Å². The van der Waals surface area contributed by atoms with Crippen molar-refractivity contribution in [3.05, 3.63) is 33.5 Å². The maximum absolute atomic E-state index is 12.2. The number of hydrogen-bond acceptors (Lipinski definition) is 4. The Kier molecular flexibility index (Phi) is 3.65. The Hall–Kier alpha value is -1.21. The molecule has 2 aromatic heterocycles. The molecular weight excluding hydrogens is 328 g/mol. The van der Waals surface area contributed by atoms with Crippen molar-refractivity contribution in [2.24, 2.45) is 0 Å². The van der Waals surface area contributed by atoms with Gasteiger partial charge in [0.25, 0.3) is 5.91 Å². The fraction of sp³-hybridized carbons (Fsp3) is 0.417. The van der Waals surface area contributed by atoms with E-state index >= 15 is 0 Å². The molecule has 1 amide bonds. The van der Waals surface area contributed by atoms with Crippen LogP contribution in [0.5, 0.6) is 0 Å². The number of hydrogen-bond donors (Lipinski definition) is 0. The normalized spacial score (nSPS) is 16.8. The third-order valence-corrected chi connectivity index (χ3v) is 4.51. The summed E-state index contributed by atoms with van der Waals surface area (Å²) in [7, 11) is 0. The van der Waals surface area contributed by atoms with Crippen LogP contribution >= 0.6 is 27.3 Å². The van der Waals surface area contributed by atoms with Gasteiger partial charge in [-0.2, -0.15) is 5.10 Å². The highest BCUT2D eigenvalue weighted by Crippen LogP contribution is 2.24. The average Bonchev–Trinajstić information content (AvgIpc) is 3.09. The maximum Gasteiger partial charge on any atom is 0.265 e. The molecule has 2 aromatic rings. The van der Waals surface area contributed by atoms with Gasteiger partial charge >= 0.3 is 0 Å². The lowest BCUT2D eigenvalue weighted by molar-refractivity contribution is 0.0694. The lowest BCUT2D eigenvalue weighted by Crippen LogP contribution is -2.38. The number of halogens is 1. The Morgan fingerprint density at radius 2 is 2.16 bits per heavy atom. The lowest BCUT2D eigenvalue weighted by atomic mass is 10.1. The molecule has 1 aliphatic heterocycles. The molecule has 0 N–H and O–H groups in total. The SMILES string of the molecule is O=C(c1cncs1)N1CCC(n2cc(Br)cn2)CC1. The molecular formula is C12H13BrN4OS. The summed E-state index contributed by atoms with van der Waals surface area (Å²) in [6, 6.07) is 0.386. The van der Waals surface area contributed by atoms with Gasteiger partial charge in [0.1, 0.15) is 4.88 Å². The van der Waals surface area contributed by atoms with Gasteiger partial charge in [-0.3, -0.25) is 14.5 Å². The van der Waals surface area contributed by atoms with Gasteiger partial charge in [0.2, 0.25) is 0 Å². The molecule has 0 atom stereocenters. The summed E-state index contributed by atoms with van der Waals surface area (Å²) >= 11 is 4.81. The van der Waals surface area contributed by atoms with E-state index in [4.69, 9.17) is 0 Å². The molecule has 0 radical (unpaired) electrons. The van der Waals surface area contributed by atoms with E-state index in [-0.39, 0.29) is 5.91 Å². The molecule has 0 unspecified atom stereocenters. The number of piperidine rings is 1. The van der Waals surface area contributed by atoms with Crippen LogP contribution in [0, 0.1) is 0 Å². The third kappa shape index (κ3) is 2.71. The molecule has 3 rings (SSSR count). The molecule has 19 heavy (non-hydrogen) atoms. The second kappa shape index (κ2) is 5.42. The van der Waals surface area contributed by atoms with Crippen molar-refractivity contribution in [3.63, 3.8) is 0 Å². The summed E-state index contributed by atoms with van der Waals surface area (Å²) in [6.45, 7) is 1.55. The molecule has 3 heterocycles. The molecule has 7 heteroatoms. The molecule has 100 valence electrons. The smallest absolute Gasteiger partial charge is 0.265 e. The summed E-state index contributed by atoms with van der Waals surface area (Å²) in [4.78, 5) is 18.8. The summed E-state index contributed by atoms with van der Waals surface area (Å²) in [5, 5.41) is 4.32. The zero-order valence-electron chi connectivity index (χ0n) is 10.2. The van der Waals surface area contributed by atoms with E-state index in [0.29, 0.717) is 6.04 Å². The van der Waals surface area contributed by atoms with E-state index in [2.05, 4.69) is 26.0 Å². The maximum atomic E-state index is 12.2. The molecule has 5 nitrogen and oxygen atoms in total. The number of amides is 1. The van der Waals surface area contributed by atoms with Gasteiger partial charge in [-0.25, -0.2) is 0 Å². The molecule has 0 spiro atoms. The Bertz CT molecular complexity index is 560. The Morgan fingerprint density at radius 1 is 1.37 bits per heavy atom. The second-order valence-corrected chi connectivity index (χ2v) is 6.33. The van der Waals surface area contributed by atoms with Crippen LogP contribution in [0.4, 0.5) is 0 Å². The van der Waals surface area contributed by atoms with E-state index < -0.39 is 0 Å². The molecule has 0 aliphatic carbocycles. The van der Waals surface area contributed by atoms with Crippen molar-refractivity contribution in [1.29, 1.82) is 0 Å². The number of carbonyl (C=O) groups excluding carboxylic acids is 1. The summed E-state index contributed by atoms with van der Waals surface area (Å²) in [5.41, 5.74) is 1.70. The Labute approximate surface area is 123 Å². The van der Waals surface area contributed by atoms with Crippen LogP contribution < -0.4 is 0 Å². The van der Waals surface area contributed by atoms with Crippen molar-refractivity contribution in [2.45, 2.75) is 18.9 Å². The van der Waals surface area contributed by atoms with Gasteiger partial charge in [-0.05, 0) is 28.8 Å². The minimum Gasteiger partial charge on any atom is -0.338 e. The van der Waals surface area contributed by atoms with E-state index in [9.17, 15) is 4.79 Å². The van der Waals surface area contributed by atoms with Crippen LogP contribution in [0.3, 0.4) is 0 Å². The van der Waals surface area contributed by atoms with E-state index in [1.165, 1.54) is 11.3 Å². The zero-order valence-corrected chi connectivity index (χ0v) is 12.6. The number of aromatic nitrogens is 3. The third-order valence-electron chi connectivity index (χ3n) is 3.34. The highest BCUT2D eigenvalue weighted by molar-refractivity contribution is 9.10. The summed E-state index contributed by atoms with van der Waals surface area (Å²) in [5.74, 6) is 0.0996. The van der Waals surface area contributed by atoms with Crippen LogP contribution in [0.2, 0.25) is 0 Å². The molecule has 0 aromatic carbocycles. The van der Waals surface area contributed by atoms with Gasteiger partial charge in [-0.1, -0.05) is 0 Å². The zero-order chi connectivity index (χ0) is 13.2.